The first kappa shape index (κ1) is 12.7. The van der Waals surface area contributed by atoms with Gasteiger partial charge in [-0.2, -0.15) is 9.78 Å². The Labute approximate surface area is 115 Å². The van der Waals surface area contributed by atoms with Gasteiger partial charge >= 0.3 is 0 Å². The summed E-state index contributed by atoms with van der Waals surface area (Å²) in [5.41, 5.74) is 6.20. The smallest absolute Gasteiger partial charge is 0.271 e. The number of hydrogen-bond acceptors (Lipinski definition) is 6. The number of anilines is 1. The summed E-state index contributed by atoms with van der Waals surface area (Å²) in [4.78, 5) is 20.1. The van der Waals surface area contributed by atoms with Crippen LogP contribution >= 0.6 is 0 Å². The van der Waals surface area contributed by atoms with E-state index in [1.54, 1.807) is 24.7 Å². The number of rotatable bonds is 3. The second-order valence-corrected chi connectivity index (χ2v) is 4.95. The average Bonchev–Trinajstić information content (AvgIpc) is 2.86. The summed E-state index contributed by atoms with van der Waals surface area (Å²) in [6.45, 7) is 0. The first-order valence-corrected chi connectivity index (χ1v) is 6.61. The molecule has 1 saturated carbocycles. The normalized spacial score (nSPS) is 21.9. The number of nitrogens with two attached hydrogens (primary N) is 1. The molecule has 1 aliphatic rings. The zero-order valence-electron chi connectivity index (χ0n) is 10.9. The van der Waals surface area contributed by atoms with E-state index in [1.165, 1.54) is 10.7 Å². The Morgan fingerprint density at radius 2 is 2.10 bits per heavy atom. The van der Waals surface area contributed by atoms with Crippen molar-refractivity contribution in [1.29, 1.82) is 0 Å². The van der Waals surface area contributed by atoms with E-state index in [1.807, 2.05) is 0 Å². The lowest BCUT2D eigenvalue weighted by Crippen LogP contribution is -2.22. The van der Waals surface area contributed by atoms with Crippen LogP contribution in [0, 0.1) is 0 Å². The van der Waals surface area contributed by atoms with Crippen LogP contribution in [0.2, 0.25) is 0 Å². The van der Waals surface area contributed by atoms with Crippen molar-refractivity contribution in [2.75, 3.05) is 5.32 Å². The molecule has 0 amide bonds. The van der Waals surface area contributed by atoms with Crippen LogP contribution in [-0.2, 0) is 0 Å². The van der Waals surface area contributed by atoms with Gasteiger partial charge in [0.2, 0.25) is 5.95 Å². The van der Waals surface area contributed by atoms with Gasteiger partial charge in [0.05, 0.1) is 12.4 Å². The van der Waals surface area contributed by atoms with Gasteiger partial charge < -0.3 is 11.1 Å². The van der Waals surface area contributed by atoms with Crippen molar-refractivity contribution >= 4 is 5.95 Å². The van der Waals surface area contributed by atoms with E-state index < -0.39 is 0 Å². The monoisotopic (exact) mass is 272 g/mol. The minimum atomic E-state index is -0.210. The first-order valence-electron chi connectivity index (χ1n) is 6.61. The van der Waals surface area contributed by atoms with Gasteiger partial charge in [-0.15, -0.1) is 0 Å². The molecule has 0 aromatic carbocycles. The zero-order valence-corrected chi connectivity index (χ0v) is 10.9. The maximum absolute atomic E-state index is 11.6. The van der Waals surface area contributed by atoms with Gasteiger partial charge in [-0.25, -0.2) is 9.97 Å². The standard InChI is InChI=1S/C13H16N6O/c14-9-3-4-10(6-9)18-13-15-7-11(8-16-13)19-12(20)2-1-5-17-19/h1-2,5,7-10H,3-4,6,14H2,(H,15,16,18)/t9-,10-/m0/s1. The van der Waals surface area contributed by atoms with E-state index in [0.29, 0.717) is 17.7 Å². The molecule has 7 heteroatoms. The summed E-state index contributed by atoms with van der Waals surface area (Å²) in [7, 11) is 0. The van der Waals surface area contributed by atoms with E-state index >= 15 is 0 Å². The molecule has 2 atom stereocenters. The highest BCUT2D eigenvalue weighted by Gasteiger charge is 2.21. The van der Waals surface area contributed by atoms with Crippen molar-refractivity contribution in [2.45, 2.75) is 31.3 Å². The molecular formula is C13H16N6O. The fraction of sp³-hybridized carbons (Fsp3) is 0.385. The molecule has 0 spiro atoms. The Morgan fingerprint density at radius 3 is 2.75 bits per heavy atom. The van der Waals surface area contributed by atoms with E-state index in [0.717, 1.165) is 19.3 Å². The Hall–Kier alpha value is -2.28. The highest BCUT2D eigenvalue weighted by molar-refractivity contribution is 5.32. The molecule has 0 radical (unpaired) electrons. The molecule has 1 aliphatic carbocycles. The summed E-state index contributed by atoms with van der Waals surface area (Å²) in [6, 6.07) is 3.63. The van der Waals surface area contributed by atoms with Gasteiger partial charge in [-0.3, -0.25) is 4.79 Å². The molecule has 0 unspecified atom stereocenters. The van der Waals surface area contributed by atoms with Crippen LogP contribution in [0.5, 0.6) is 0 Å². The molecular weight excluding hydrogens is 256 g/mol. The topological polar surface area (TPSA) is 98.7 Å². The first-order chi connectivity index (χ1) is 9.72. The molecule has 0 bridgehead atoms. The highest BCUT2D eigenvalue weighted by Crippen LogP contribution is 2.20. The van der Waals surface area contributed by atoms with Crippen LogP contribution in [0.25, 0.3) is 5.69 Å². The van der Waals surface area contributed by atoms with Gasteiger partial charge in [-0.05, 0) is 25.3 Å². The molecule has 3 rings (SSSR count). The van der Waals surface area contributed by atoms with Crippen molar-refractivity contribution in [1.82, 2.24) is 19.7 Å². The second kappa shape index (κ2) is 5.38. The summed E-state index contributed by atoms with van der Waals surface area (Å²) in [5.74, 6) is 0.553. The SMILES string of the molecule is N[C@H]1CC[C@H](Nc2ncc(-n3ncccc3=O)cn2)C1. The lowest BCUT2D eigenvalue weighted by molar-refractivity contribution is 0.684. The summed E-state index contributed by atoms with van der Waals surface area (Å²) >= 11 is 0. The molecule has 2 aromatic heterocycles. The van der Waals surface area contributed by atoms with Crippen molar-refractivity contribution in [3.05, 3.63) is 41.1 Å². The maximum Gasteiger partial charge on any atom is 0.271 e. The third-order valence-electron chi connectivity index (χ3n) is 3.40. The van der Waals surface area contributed by atoms with Crippen molar-refractivity contribution < 1.29 is 0 Å². The minimum absolute atomic E-state index is 0.210. The third kappa shape index (κ3) is 2.67. The predicted molar refractivity (Wildman–Crippen MR) is 74.7 cm³/mol. The fourth-order valence-electron chi connectivity index (χ4n) is 2.39. The number of nitrogens with zero attached hydrogens (tertiary/aromatic N) is 4. The lowest BCUT2D eigenvalue weighted by atomic mass is 10.2. The molecule has 1 fully saturated rings. The van der Waals surface area contributed by atoms with Gasteiger partial charge in [0.1, 0.15) is 5.69 Å². The van der Waals surface area contributed by atoms with Gasteiger partial charge in [0.25, 0.3) is 5.56 Å². The molecule has 2 aromatic rings. The lowest BCUT2D eigenvalue weighted by Gasteiger charge is -2.12. The molecule has 0 saturated heterocycles. The van der Waals surface area contributed by atoms with Crippen LogP contribution in [0.4, 0.5) is 5.95 Å². The number of aromatic nitrogens is 4. The van der Waals surface area contributed by atoms with Crippen molar-refractivity contribution in [3.63, 3.8) is 0 Å². The Balaban J connectivity index is 1.75. The predicted octanol–water partition coefficient (Wildman–Crippen LogP) is 0.314. The van der Waals surface area contributed by atoms with E-state index in [-0.39, 0.29) is 11.6 Å². The zero-order chi connectivity index (χ0) is 13.9. The van der Waals surface area contributed by atoms with Crippen molar-refractivity contribution in [2.24, 2.45) is 5.73 Å². The van der Waals surface area contributed by atoms with E-state index in [4.69, 9.17) is 5.73 Å². The Morgan fingerprint density at radius 1 is 1.30 bits per heavy atom. The van der Waals surface area contributed by atoms with Crippen LogP contribution in [0.3, 0.4) is 0 Å². The van der Waals surface area contributed by atoms with Crippen LogP contribution < -0.4 is 16.6 Å². The molecule has 7 nitrogen and oxygen atoms in total. The van der Waals surface area contributed by atoms with Crippen molar-refractivity contribution in [3.8, 4) is 5.69 Å². The summed E-state index contributed by atoms with van der Waals surface area (Å²) in [5, 5.41) is 7.23. The highest BCUT2D eigenvalue weighted by atomic mass is 16.1. The summed E-state index contributed by atoms with van der Waals surface area (Å²) < 4.78 is 1.26. The molecule has 3 N–H and O–H groups in total. The summed E-state index contributed by atoms with van der Waals surface area (Å²) in [6.07, 6.45) is 7.71. The molecule has 20 heavy (non-hydrogen) atoms. The van der Waals surface area contributed by atoms with Gasteiger partial charge in [0, 0.05) is 24.3 Å². The largest absolute Gasteiger partial charge is 0.351 e. The fourth-order valence-corrected chi connectivity index (χ4v) is 2.39. The van der Waals surface area contributed by atoms with E-state index in [2.05, 4.69) is 20.4 Å². The van der Waals surface area contributed by atoms with Crippen LogP contribution in [0.1, 0.15) is 19.3 Å². The van der Waals surface area contributed by atoms with E-state index in [9.17, 15) is 4.79 Å². The average molecular weight is 272 g/mol. The molecule has 0 aliphatic heterocycles. The Kier molecular flexibility index (Phi) is 3.42. The maximum atomic E-state index is 11.6. The van der Waals surface area contributed by atoms with Crippen LogP contribution in [0.15, 0.2) is 35.5 Å². The third-order valence-corrected chi connectivity index (χ3v) is 3.40. The van der Waals surface area contributed by atoms with Crippen LogP contribution in [-0.4, -0.2) is 31.8 Å². The number of nitrogens with one attached hydrogen (secondary N) is 1. The molecule has 104 valence electrons. The second-order valence-electron chi connectivity index (χ2n) is 4.95. The van der Waals surface area contributed by atoms with Gasteiger partial charge in [0.15, 0.2) is 0 Å². The minimum Gasteiger partial charge on any atom is -0.351 e. The Bertz CT molecular complexity index is 638. The quantitative estimate of drug-likeness (QED) is 0.834. The number of hydrogen-bond donors (Lipinski definition) is 2. The molecule has 2 heterocycles. The van der Waals surface area contributed by atoms with Gasteiger partial charge in [-0.1, -0.05) is 0 Å².